The molecule has 0 unspecified atom stereocenters. The number of hydrogen-bond acceptors (Lipinski definition) is 8. The molecule has 3 aromatic rings. The Morgan fingerprint density at radius 2 is 2.02 bits per heavy atom. The van der Waals surface area contributed by atoms with Crippen LogP contribution in [0.4, 0.5) is 20.3 Å². The summed E-state index contributed by atoms with van der Waals surface area (Å²) in [6.07, 6.45) is 4.56. The SMILES string of the molecule is C=CC(=O)[C@@]1(COc2c(N)ncnc2-c2cc(F)cc(NC(=O)c3ccc(C4CC4)cc3F)c2C)C[C@H](OC)CN1. The van der Waals surface area contributed by atoms with Gasteiger partial charge in [-0.1, -0.05) is 12.6 Å². The van der Waals surface area contributed by atoms with E-state index in [0.717, 1.165) is 24.5 Å². The van der Waals surface area contributed by atoms with Crippen LogP contribution in [0.5, 0.6) is 5.75 Å². The molecule has 2 aliphatic rings. The number of halogens is 2. The van der Waals surface area contributed by atoms with Gasteiger partial charge in [0.05, 0.1) is 11.7 Å². The summed E-state index contributed by atoms with van der Waals surface area (Å²) in [7, 11) is 1.56. The zero-order chi connectivity index (χ0) is 29.3. The second-order valence-corrected chi connectivity index (χ2v) is 10.4. The number of nitrogens with one attached hydrogen (secondary N) is 2. The van der Waals surface area contributed by atoms with E-state index in [1.54, 1.807) is 20.1 Å². The summed E-state index contributed by atoms with van der Waals surface area (Å²) in [5.74, 6) is -1.95. The van der Waals surface area contributed by atoms with Crippen molar-refractivity contribution in [1.29, 1.82) is 0 Å². The van der Waals surface area contributed by atoms with Crippen LogP contribution in [0.15, 0.2) is 49.3 Å². The summed E-state index contributed by atoms with van der Waals surface area (Å²) >= 11 is 0. The number of rotatable bonds is 10. The molecule has 1 saturated heterocycles. The predicted octanol–water partition coefficient (Wildman–Crippen LogP) is 4.32. The quantitative estimate of drug-likeness (QED) is 0.311. The Labute approximate surface area is 236 Å². The number of benzene rings is 2. The number of methoxy groups -OCH3 is 1. The van der Waals surface area contributed by atoms with Crippen molar-refractivity contribution < 1.29 is 27.8 Å². The molecule has 2 atom stereocenters. The van der Waals surface area contributed by atoms with Crippen molar-refractivity contribution in [2.75, 3.05) is 31.3 Å². The average Bonchev–Trinajstić information content (AvgIpc) is 3.73. The van der Waals surface area contributed by atoms with Gasteiger partial charge < -0.3 is 20.5 Å². The van der Waals surface area contributed by atoms with Crippen molar-refractivity contribution >= 4 is 23.2 Å². The second kappa shape index (κ2) is 11.3. The molecule has 41 heavy (non-hydrogen) atoms. The molecule has 0 spiro atoms. The number of anilines is 2. The fraction of sp³-hybridized carbons (Fsp3) is 0.333. The molecule has 11 heteroatoms. The van der Waals surface area contributed by atoms with Gasteiger partial charge in [0, 0.05) is 31.3 Å². The van der Waals surface area contributed by atoms with Crippen LogP contribution in [-0.4, -0.2) is 53.6 Å². The highest BCUT2D eigenvalue weighted by atomic mass is 19.1. The Balaban J connectivity index is 1.44. The molecular weight excluding hydrogens is 532 g/mol. The number of nitrogens with two attached hydrogens (primary N) is 1. The standard InChI is InChI=1S/C30H31F2N5O4/c1-4-25(38)30(12-20(40-3)13-36-30)14-41-27-26(34-15-35-28(27)33)22-10-19(31)11-24(16(22)2)37-29(39)21-8-7-18(9-23(21)32)17-5-6-17/h4,7-11,15,17,20,36H,1,5-6,12-14H2,2-3H3,(H,37,39)(H2,33,34,35)/t20-,30-/m0/s1. The van der Waals surface area contributed by atoms with Crippen molar-refractivity contribution in [2.45, 2.75) is 43.7 Å². The highest BCUT2D eigenvalue weighted by molar-refractivity contribution is 6.05. The molecule has 1 aliphatic heterocycles. The number of carbonyl (C=O) groups excluding carboxylic acids is 2. The van der Waals surface area contributed by atoms with Crippen LogP contribution in [0, 0.1) is 18.6 Å². The fourth-order valence-corrected chi connectivity index (χ4v) is 5.12. The number of nitrogens with zero attached hydrogens (tertiary/aromatic N) is 2. The normalized spacial score (nSPS) is 20.0. The molecule has 2 fully saturated rings. The monoisotopic (exact) mass is 563 g/mol. The molecule has 2 aromatic carbocycles. The minimum Gasteiger partial charge on any atom is -0.485 e. The molecular formula is C30H31F2N5O4. The van der Waals surface area contributed by atoms with Gasteiger partial charge in [0.25, 0.3) is 5.91 Å². The molecule has 1 aromatic heterocycles. The Hall–Kier alpha value is -4.22. The van der Waals surface area contributed by atoms with Gasteiger partial charge in [-0.3, -0.25) is 14.9 Å². The van der Waals surface area contributed by atoms with E-state index in [2.05, 4.69) is 27.2 Å². The maximum Gasteiger partial charge on any atom is 0.258 e. The lowest BCUT2D eigenvalue weighted by Gasteiger charge is -2.27. The van der Waals surface area contributed by atoms with Crippen LogP contribution in [0.25, 0.3) is 11.3 Å². The summed E-state index contributed by atoms with van der Waals surface area (Å²) in [5, 5.41) is 5.78. The number of ether oxygens (including phenoxy) is 2. The zero-order valence-corrected chi connectivity index (χ0v) is 22.8. The number of amides is 1. The Bertz CT molecular complexity index is 1530. The minimum absolute atomic E-state index is 0.0236. The highest BCUT2D eigenvalue weighted by Gasteiger charge is 2.45. The van der Waals surface area contributed by atoms with Crippen molar-refractivity contribution in [3.8, 4) is 17.0 Å². The maximum atomic E-state index is 14.9. The fourth-order valence-electron chi connectivity index (χ4n) is 5.12. The highest BCUT2D eigenvalue weighted by Crippen LogP contribution is 2.41. The molecule has 2 heterocycles. The van der Waals surface area contributed by atoms with Crippen LogP contribution in [-0.2, 0) is 9.53 Å². The summed E-state index contributed by atoms with van der Waals surface area (Å²) < 4.78 is 41.1. The van der Waals surface area contributed by atoms with Gasteiger partial charge in [0.1, 0.15) is 35.8 Å². The van der Waals surface area contributed by atoms with Gasteiger partial charge in [-0.15, -0.1) is 0 Å². The van der Waals surface area contributed by atoms with Gasteiger partial charge in [0.2, 0.25) is 0 Å². The Morgan fingerprint density at radius 1 is 1.24 bits per heavy atom. The predicted molar refractivity (Wildman–Crippen MR) is 150 cm³/mol. The number of hydrogen-bond donors (Lipinski definition) is 3. The first-order valence-electron chi connectivity index (χ1n) is 13.2. The lowest BCUT2D eigenvalue weighted by molar-refractivity contribution is -0.121. The van der Waals surface area contributed by atoms with Crippen LogP contribution in [0.2, 0.25) is 0 Å². The third-order valence-electron chi connectivity index (χ3n) is 7.69. The van der Waals surface area contributed by atoms with E-state index in [9.17, 15) is 18.4 Å². The molecule has 1 aliphatic carbocycles. The van der Waals surface area contributed by atoms with Crippen LogP contribution in [0.1, 0.15) is 46.7 Å². The third kappa shape index (κ3) is 5.68. The average molecular weight is 564 g/mol. The zero-order valence-electron chi connectivity index (χ0n) is 22.8. The van der Waals surface area contributed by atoms with E-state index in [1.807, 2.05) is 0 Å². The largest absolute Gasteiger partial charge is 0.485 e. The lowest BCUT2D eigenvalue weighted by atomic mass is 9.92. The summed E-state index contributed by atoms with van der Waals surface area (Å²) in [5.41, 5.74) is 6.74. The van der Waals surface area contributed by atoms with Crippen molar-refractivity contribution in [1.82, 2.24) is 15.3 Å². The second-order valence-electron chi connectivity index (χ2n) is 10.4. The van der Waals surface area contributed by atoms with E-state index in [0.29, 0.717) is 24.4 Å². The molecule has 1 amide bonds. The Morgan fingerprint density at radius 3 is 2.68 bits per heavy atom. The van der Waals surface area contributed by atoms with Crippen LogP contribution >= 0.6 is 0 Å². The number of carbonyl (C=O) groups is 2. The Kier molecular flexibility index (Phi) is 7.83. The van der Waals surface area contributed by atoms with E-state index in [1.165, 1.54) is 30.6 Å². The molecule has 5 rings (SSSR count). The summed E-state index contributed by atoms with van der Waals surface area (Å²) in [6, 6.07) is 6.93. The first kappa shape index (κ1) is 28.3. The molecule has 0 radical (unpaired) electrons. The van der Waals surface area contributed by atoms with E-state index >= 15 is 0 Å². The molecule has 4 N–H and O–H groups in total. The lowest BCUT2D eigenvalue weighted by Crippen LogP contribution is -2.51. The van der Waals surface area contributed by atoms with Gasteiger partial charge >= 0.3 is 0 Å². The number of nitrogen functional groups attached to an aromatic ring is 1. The van der Waals surface area contributed by atoms with E-state index in [-0.39, 0.29) is 52.6 Å². The van der Waals surface area contributed by atoms with E-state index in [4.69, 9.17) is 15.2 Å². The van der Waals surface area contributed by atoms with Crippen LogP contribution in [0.3, 0.4) is 0 Å². The first-order valence-corrected chi connectivity index (χ1v) is 13.2. The maximum absolute atomic E-state index is 14.9. The smallest absolute Gasteiger partial charge is 0.258 e. The topological polar surface area (TPSA) is 128 Å². The van der Waals surface area contributed by atoms with Gasteiger partial charge in [-0.2, -0.15) is 0 Å². The van der Waals surface area contributed by atoms with Gasteiger partial charge in [-0.05, 0) is 67.2 Å². The van der Waals surface area contributed by atoms with Gasteiger partial charge in [0.15, 0.2) is 17.4 Å². The summed E-state index contributed by atoms with van der Waals surface area (Å²) in [4.78, 5) is 34.1. The third-order valence-corrected chi connectivity index (χ3v) is 7.69. The first-order chi connectivity index (χ1) is 19.7. The van der Waals surface area contributed by atoms with Crippen molar-refractivity contribution in [2.24, 2.45) is 0 Å². The van der Waals surface area contributed by atoms with Crippen molar-refractivity contribution in [3.63, 3.8) is 0 Å². The number of ketones is 1. The molecule has 9 nitrogen and oxygen atoms in total. The molecule has 214 valence electrons. The van der Waals surface area contributed by atoms with E-state index < -0.39 is 23.1 Å². The van der Waals surface area contributed by atoms with Crippen LogP contribution < -0.4 is 21.1 Å². The molecule has 0 bridgehead atoms. The molecule has 1 saturated carbocycles. The summed E-state index contributed by atoms with van der Waals surface area (Å²) in [6.45, 7) is 5.55. The van der Waals surface area contributed by atoms with Crippen molar-refractivity contribution in [3.05, 3.63) is 77.6 Å². The minimum atomic E-state index is -1.11. The number of aromatic nitrogens is 2. The van der Waals surface area contributed by atoms with Gasteiger partial charge in [-0.25, -0.2) is 18.7 Å².